The van der Waals surface area contributed by atoms with Crippen molar-refractivity contribution in [1.29, 1.82) is 0 Å². The number of aliphatic hydroxyl groups is 2. The molecule has 2 fully saturated rings. The highest BCUT2D eigenvalue weighted by Crippen LogP contribution is 2.38. The first-order chi connectivity index (χ1) is 7.06. The number of carbonyl (C=O) groups is 1. The summed E-state index contributed by atoms with van der Waals surface area (Å²) in [4.78, 5) is 13.5. The highest BCUT2D eigenvalue weighted by molar-refractivity contribution is 5.74. The number of piperidine rings is 1. The van der Waals surface area contributed by atoms with E-state index in [4.69, 9.17) is 0 Å². The zero-order chi connectivity index (χ0) is 11.2. The largest absolute Gasteiger partial charge is 0.469 e. The first-order valence-electron chi connectivity index (χ1n) is 5.22. The van der Waals surface area contributed by atoms with Gasteiger partial charge in [0.1, 0.15) is 5.92 Å². The van der Waals surface area contributed by atoms with E-state index in [1.54, 1.807) is 0 Å². The second-order valence-corrected chi connectivity index (χ2v) is 4.46. The van der Waals surface area contributed by atoms with E-state index in [1.807, 2.05) is 11.9 Å². The molecular formula is C10H17NO4. The van der Waals surface area contributed by atoms with Gasteiger partial charge in [-0.2, -0.15) is 0 Å². The lowest BCUT2D eigenvalue weighted by Gasteiger charge is -2.39. The van der Waals surface area contributed by atoms with Gasteiger partial charge in [-0.1, -0.05) is 0 Å². The number of methoxy groups -OCH3 is 1. The Balaban J connectivity index is 2.25. The first-order valence-corrected chi connectivity index (χ1v) is 5.22. The Labute approximate surface area is 88.6 Å². The Bertz CT molecular complexity index is 270. The molecule has 0 saturated carbocycles. The minimum absolute atomic E-state index is 0.181. The Morgan fingerprint density at radius 1 is 1.33 bits per heavy atom. The number of hydrogen-bond acceptors (Lipinski definition) is 5. The number of carbonyl (C=O) groups excluding carboxylic acids is 1. The monoisotopic (exact) mass is 215 g/mol. The van der Waals surface area contributed by atoms with E-state index < -0.39 is 24.1 Å². The van der Waals surface area contributed by atoms with Crippen LogP contribution in [0.2, 0.25) is 0 Å². The fourth-order valence-electron chi connectivity index (χ4n) is 2.94. The molecule has 2 aliphatic heterocycles. The summed E-state index contributed by atoms with van der Waals surface area (Å²) >= 11 is 0. The van der Waals surface area contributed by atoms with Crippen molar-refractivity contribution in [3.05, 3.63) is 0 Å². The van der Waals surface area contributed by atoms with Crippen molar-refractivity contribution in [3.63, 3.8) is 0 Å². The minimum atomic E-state index is -0.694. The average Bonchev–Trinajstić information content (AvgIpc) is 2.38. The van der Waals surface area contributed by atoms with Gasteiger partial charge in [-0.3, -0.25) is 9.69 Å². The topological polar surface area (TPSA) is 70.0 Å². The highest BCUT2D eigenvalue weighted by Gasteiger charge is 2.53. The predicted molar refractivity (Wildman–Crippen MR) is 52.1 cm³/mol. The Morgan fingerprint density at radius 2 is 1.93 bits per heavy atom. The second-order valence-electron chi connectivity index (χ2n) is 4.46. The Kier molecular flexibility index (Phi) is 2.70. The summed E-state index contributed by atoms with van der Waals surface area (Å²) in [5.41, 5.74) is 0. The van der Waals surface area contributed by atoms with Gasteiger partial charge in [-0.15, -0.1) is 0 Å². The summed E-state index contributed by atoms with van der Waals surface area (Å²) < 4.78 is 4.67. The molecule has 2 heterocycles. The van der Waals surface area contributed by atoms with Gasteiger partial charge < -0.3 is 14.9 Å². The predicted octanol–water partition coefficient (Wildman–Crippen LogP) is -1.03. The highest BCUT2D eigenvalue weighted by atomic mass is 16.5. The molecule has 2 aliphatic rings. The Morgan fingerprint density at radius 3 is 2.53 bits per heavy atom. The molecule has 5 nitrogen and oxygen atoms in total. The zero-order valence-corrected chi connectivity index (χ0v) is 8.96. The Hall–Kier alpha value is -0.650. The van der Waals surface area contributed by atoms with E-state index in [9.17, 15) is 15.0 Å². The van der Waals surface area contributed by atoms with Gasteiger partial charge in [-0.25, -0.2) is 0 Å². The van der Waals surface area contributed by atoms with E-state index in [0.29, 0.717) is 12.8 Å². The van der Waals surface area contributed by atoms with E-state index in [1.165, 1.54) is 7.11 Å². The molecule has 0 amide bonds. The van der Waals surface area contributed by atoms with Gasteiger partial charge in [0.05, 0.1) is 25.4 Å². The quantitative estimate of drug-likeness (QED) is 0.548. The molecule has 2 N–H and O–H groups in total. The number of aliphatic hydroxyl groups excluding tert-OH is 2. The van der Waals surface area contributed by atoms with E-state index in [2.05, 4.69) is 4.74 Å². The van der Waals surface area contributed by atoms with Crippen LogP contribution in [0.25, 0.3) is 0 Å². The lowest BCUT2D eigenvalue weighted by molar-refractivity contribution is -0.157. The van der Waals surface area contributed by atoms with Gasteiger partial charge in [0.2, 0.25) is 0 Å². The number of likely N-dealkylation sites (N-methyl/N-ethyl adjacent to an activating group) is 1. The second kappa shape index (κ2) is 3.73. The molecule has 2 rings (SSSR count). The van der Waals surface area contributed by atoms with Crippen LogP contribution >= 0.6 is 0 Å². The molecule has 86 valence electrons. The molecule has 0 aromatic carbocycles. The summed E-state index contributed by atoms with van der Waals surface area (Å²) in [5.74, 6) is -1.05. The van der Waals surface area contributed by atoms with Crippen molar-refractivity contribution in [2.45, 2.75) is 37.1 Å². The summed E-state index contributed by atoms with van der Waals surface area (Å²) in [5, 5.41) is 19.7. The molecule has 0 aliphatic carbocycles. The van der Waals surface area contributed by atoms with Gasteiger partial charge in [0.25, 0.3) is 0 Å². The van der Waals surface area contributed by atoms with Gasteiger partial charge in [0.15, 0.2) is 0 Å². The maximum Gasteiger partial charge on any atom is 0.313 e. The molecule has 2 bridgehead atoms. The van der Waals surface area contributed by atoms with Crippen molar-refractivity contribution in [2.75, 3.05) is 14.2 Å². The third-order valence-corrected chi connectivity index (χ3v) is 3.72. The average molecular weight is 215 g/mol. The normalized spacial score (nSPS) is 45.5. The summed E-state index contributed by atoms with van der Waals surface area (Å²) in [7, 11) is 3.19. The number of rotatable bonds is 1. The number of hydrogen-bond donors (Lipinski definition) is 2. The van der Waals surface area contributed by atoms with Crippen LogP contribution in [0.4, 0.5) is 0 Å². The van der Waals surface area contributed by atoms with Crippen molar-refractivity contribution in [3.8, 4) is 0 Å². The fourth-order valence-corrected chi connectivity index (χ4v) is 2.94. The van der Waals surface area contributed by atoms with Gasteiger partial charge in [0, 0.05) is 6.04 Å². The van der Waals surface area contributed by atoms with Crippen LogP contribution in [0.1, 0.15) is 12.8 Å². The third kappa shape index (κ3) is 1.55. The minimum Gasteiger partial charge on any atom is -0.469 e. The van der Waals surface area contributed by atoms with Crippen LogP contribution in [0.5, 0.6) is 0 Å². The van der Waals surface area contributed by atoms with Crippen LogP contribution in [0, 0.1) is 5.92 Å². The molecule has 0 unspecified atom stereocenters. The molecule has 5 atom stereocenters. The van der Waals surface area contributed by atoms with Crippen LogP contribution < -0.4 is 0 Å². The van der Waals surface area contributed by atoms with Crippen LogP contribution in [0.3, 0.4) is 0 Å². The molecular weight excluding hydrogens is 198 g/mol. The lowest BCUT2D eigenvalue weighted by Crippen LogP contribution is -2.54. The smallest absolute Gasteiger partial charge is 0.313 e. The molecule has 15 heavy (non-hydrogen) atoms. The number of fused-ring (bicyclic) bond motifs is 2. The van der Waals surface area contributed by atoms with Crippen LogP contribution in [0.15, 0.2) is 0 Å². The van der Waals surface area contributed by atoms with Gasteiger partial charge in [-0.05, 0) is 19.9 Å². The lowest BCUT2D eigenvalue weighted by atomic mass is 9.87. The van der Waals surface area contributed by atoms with Crippen molar-refractivity contribution < 1.29 is 19.7 Å². The van der Waals surface area contributed by atoms with Crippen LogP contribution in [-0.2, 0) is 9.53 Å². The molecule has 0 aromatic rings. The van der Waals surface area contributed by atoms with E-state index >= 15 is 0 Å². The molecule has 0 spiro atoms. The fraction of sp³-hybridized carbons (Fsp3) is 0.900. The summed E-state index contributed by atoms with van der Waals surface area (Å²) in [6.45, 7) is 0. The van der Waals surface area contributed by atoms with E-state index in [0.717, 1.165) is 0 Å². The molecule has 2 saturated heterocycles. The maximum atomic E-state index is 11.5. The standard InChI is InChI=1S/C10H17NO4/c1-11-5-3-6(12)8(10(14)15-2)9(11)7(13)4-5/h5-9,12-13H,3-4H2,1-2H3/t5-,6-,7-,8+,9-/m0/s1. The van der Waals surface area contributed by atoms with Crippen molar-refractivity contribution >= 4 is 5.97 Å². The summed E-state index contributed by atoms with van der Waals surface area (Å²) in [6, 6.07) is -0.118. The number of nitrogens with zero attached hydrogens (tertiary/aromatic N) is 1. The maximum absolute atomic E-state index is 11.5. The first kappa shape index (κ1) is 10.9. The number of esters is 1. The molecule has 0 radical (unpaired) electrons. The molecule has 0 aromatic heterocycles. The van der Waals surface area contributed by atoms with E-state index in [-0.39, 0.29) is 12.1 Å². The van der Waals surface area contributed by atoms with Crippen LogP contribution in [-0.4, -0.2) is 59.5 Å². The SMILES string of the molecule is COC(=O)[C@H]1[C@@H]2[C@@H](O)C[C@H](C[C@@H]1O)N2C. The van der Waals surface area contributed by atoms with Gasteiger partial charge >= 0.3 is 5.97 Å². The third-order valence-electron chi connectivity index (χ3n) is 3.72. The van der Waals surface area contributed by atoms with Crippen molar-refractivity contribution in [1.82, 2.24) is 4.90 Å². The zero-order valence-electron chi connectivity index (χ0n) is 8.96. The number of ether oxygens (including phenoxy) is 1. The summed E-state index contributed by atoms with van der Waals surface area (Å²) in [6.07, 6.45) is -0.0720. The van der Waals surface area contributed by atoms with Crippen molar-refractivity contribution in [2.24, 2.45) is 5.92 Å². The molecule has 5 heteroatoms.